The third-order valence-corrected chi connectivity index (χ3v) is 2.54. The molecule has 0 aliphatic heterocycles. The molecule has 0 saturated carbocycles. The predicted molar refractivity (Wildman–Crippen MR) is 59.0 cm³/mol. The van der Waals surface area contributed by atoms with E-state index < -0.39 is 0 Å². The van der Waals surface area contributed by atoms with E-state index in [1.807, 2.05) is 24.5 Å². The fourth-order valence-corrected chi connectivity index (χ4v) is 1.66. The van der Waals surface area contributed by atoms with Gasteiger partial charge in [-0.1, -0.05) is 31.2 Å². The van der Waals surface area contributed by atoms with Gasteiger partial charge >= 0.3 is 0 Å². The maximum absolute atomic E-state index is 6.02. The van der Waals surface area contributed by atoms with Gasteiger partial charge in [0.15, 0.2) is 0 Å². The van der Waals surface area contributed by atoms with E-state index in [9.17, 15) is 0 Å². The highest BCUT2D eigenvalue weighted by molar-refractivity contribution is 5.84. The molecule has 2 nitrogen and oxygen atoms in total. The first kappa shape index (κ1) is 9.16. The zero-order valence-corrected chi connectivity index (χ0v) is 8.27. The maximum Gasteiger partial charge on any atom is 0.0346 e. The third-order valence-electron chi connectivity index (χ3n) is 2.54. The molecule has 0 amide bonds. The van der Waals surface area contributed by atoms with E-state index in [2.05, 4.69) is 24.0 Å². The largest absolute Gasteiger partial charge is 0.324 e. The molecule has 0 saturated heterocycles. The average Bonchev–Trinajstić information content (AvgIpc) is 2.27. The quantitative estimate of drug-likeness (QED) is 0.783. The summed E-state index contributed by atoms with van der Waals surface area (Å²) < 4.78 is 0. The van der Waals surface area contributed by atoms with Crippen molar-refractivity contribution < 1.29 is 0 Å². The first-order chi connectivity index (χ1) is 6.83. The molecule has 0 aliphatic carbocycles. The Morgan fingerprint density at radius 2 is 2.07 bits per heavy atom. The Bertz CT molecular complexity index is 432. The number of nitrogens with zero attached hydrogens (tertiary/aromatic N) is 1. The van der Waals surface area contributed by atoms with Crippen LogP contribution in [0.1, 0.15) is 24.9 Å². The highest BCUT2D eigenvalue weighted by Gasteiger charge is 2.07. The number of pyridine rings is 1. The van der Waals surface area contributed by atoms with E-state index in [1.165, 1.54) is 5.39 Å². The van der Waals surface area contributed by atoms with Gasteiger partial charge in [0.1, 0.15) is 0 Å². The molecule has 1 heterocycles. The highest BCUT2D eigenvalue weighted by atomic mass is 14.7. The molecule has 0 aliphatic rings. The molecule has 14 heavy (non-hydrogen) atoms. The van der Waals surface area contributed by atoms with Crippen LogP contribution in [0, 0.1) is 0 Å². The number of nitrogens with two attached hydrogens (primary N) is 1. The first-order valence-electron chi connectivity index (χ1n) is 4.91. The molecule has 0 radical (unpaired) electrons. The molecular weight excluding hydrogens is 172 g/mol. The minimum atomic E-state index is 0.0913. The Balaban J connectivity index is 2.65. The Hall–Kier alpha value is -1.41. The standard InChI is InChI=1S/C12H14N2/c1-2-12(13)11-8-14-7-9-5-3-4-6-10(9)11/h3-8,12H,2,13H2,1H3. The lowest BCUT2D eigenvalue weighted by atomic mass is 10.0. The lowest BCUT2D eigenvalue weighted by Crippen LogP contribution is -2.09. The first-order valence-corrected chi connectivity index (χ1v) is 4.91. The number of aromatic nitrogens is 1. The zero-order chi connectivity index (χ0) is 9.97. The van der Waals surface area contributed by atoms with Crippen LogP contribution in [0.2, 0.25) is 0 Å². The van der Waals surface area contributed by atoms with Crippen molar-refractivity contribution in [2.75, 3.05) is 0 Å². The Morgan fingerprint density at radius 3 is 2.86 bits per heavy atom. The van der Waals surface area contributed by atoms with Crippen LogP contribution in [-0.2, 0) is 0 Å². The number of fused-ring (bicyclic) bond motifs is 1. The molecule has 2 aromatic rings. The van der Waals surface area contributed by atoms with Crippen LogP contribution in [0.5, 0.6) is 0 Å². The van der Waals surface area contributed by atoms with E-state index in [4.69, 9.17) is 5.73 Å². The Labute approximate surface area is 83.8 Å². The molecule has 0 bridgehead atoms. The van der Waals surface area contributed by atoms with Gasteiger partial charge in [0.2, 0.25) is 0 Å². The minimum absolute atomic E-state index is 0.0913. The minimum Gasteiger partial charge on any atom is -0.324 e. The zero-order valence-electron chi connectivity index (χ0n) is 8.27. The van der Waals surface area contributed by atoms with Crippen molar-refractivity contribution >= 4 is 10.8 Å². The van der Waals surface area contributed by atoms with Crippen LogP contribution in [0.4, 0.5) is 0 Å². The summed E-state index contributed by atoms with van der Waals surface area (Å²) in [6.45, 7) is 2.09. The van der Waals surface area contributed by atoms with Gasteiger partial charge in [0.25, 0.3) is 0 Å². The van der Waals surface area contributed by atoms with Gasteiger partial charge in [-0.2, -0.15) is 0 Å². The van der Waals surface area contributed by atoms with Gasteiger partial charge in [-0.05, 0) is 17.4 Å². The normalized spacial score (nSPS) is 13.0. The van der Waals surface area contributed by atoms with Crippen LogP contribution in [0.3, 0.4) is 0 Å². The highest BCUT2D eigenvalue weighted by Crippen LogP contribution is 2.22. The molecule has 2 rings (SSSR count). The number of benzene rings is 1. The molecule has 1 unspecified atom stereocenters. The van der Waals surface area contributed by atoms with Crippen molar-refractivity contribution in [2.45, 2.75) is 19.4 Å². The molecule has 0 spiro atoms. The lowest BCUT2D eigenvalue weighted by Gasteiger charge is -2.11. The predicted octanol–water partition coefficient (Wildman–Crippen LogP) is 2.64. The van der Waals surface area contributed by atoms with E-state index in [0.717, 1.165) is 17.4 Å². The number of rotatable bonds is 2. The summed E-state index contributed by atoms with van der Waals surface area (Å²) in [6, 6.07) is 8.31. The van der Waals surface area contributed by atoms with Crippen molar-refractivity contribution in [1.29, 1.82) is 0 Å². The average molecular weight is 186 g/mol. The summed E-state index contributed by atoms with van der Waals surface area (Å²) in [4.78, 5) is 4.20. The molecule has 72 valence electrons. The fourth-order valence-electron chi connectivity index (χ4n) is 1.66. The Kier molecular flexibility index (Phi) is 2.46. The van der Waals surface area contributed by atoms with E-state index >= 15 is 0 Å². The third kappa shape index (κ3) is 1.49. The number of hydrogen-bond acceptors (Lipinski definition) is 2. The van der Waals surface area contributed by atoms with Crippen molar-refractivity contribution in [1.82, 2.24) is 4.98 Å². The van der Waals surface area contributed by atoms with Crippen LogP contribution in [-0.4, -0.2) is 4.98 Å². The summed E-state index contributed by atoms with van der Waals surface area (Å²) >= 11 is 0. The SMILES string of the molecule is CCC(N)c1cncc2ccccc12. The second kappa shape index (κ2) is 3.76. The summed E-state index contributed by atoms with van der Waals surface area (Å²) in [5, 5.41) is 2.38. The fraction of sp³-hybridized carbons (Fsp3) is 0.250. The topological polar surface area (TPSA) is 38.9 Å². The van der Waals surface area contributed by atoms with E-state index in [0.29, 0.717) is 0 Å². The smallest absolute Gasteiger partial charge is 0.0346 e. The van der Waals surface area contributed by atoms with Crippen molar-refractivity contribution in [3.8, 4) is 0 Å². The van der Waals surface area contributed by atoms with E-state index in [-0.39, 0.29) is 6.04 Å². The second-order valence-electron chi connectivity index (χ2n) is 3.46. The van der Waals surface area contributed by atoms with Gasteiger partial charge in [-0.15, -0.1) is 0 Å². The van der Waals surface area contributed by atoms with Crippen molar-refractivity contribution in [3.63, 3.8) is 0 Å². The molecule has 1 aromatic heterocycles. The monoisotopic (exact) mass is 186 g/mol. The lowest BCUT2D eigenvalue weighted by molar-refractivity contribution is 0.701. The summed E-state index contributed by atoms with van der Waals surface area (Å²) in [5.41, 5.74) is 7.16. The van der Waals surface area contributed by atoms with Crippen molar-refractivity contribution in [2.24, 2.45) is 5.73 Å². The maximum atomic E-state index is 6.02. The van der Waals surface area contributed by atoms with Gasteiger partial charge < -0.3 is 5.73 Å². The molecule has 1 atom stereocenters. The summed E-state index contributed by atoms with van der Waals surface area (Å²) in [6.07, 6.45) is 4.69. The van der Waals surface area contributed by atoms with Crippen LogP contribution in [0.15, 0.2) is 36.7 Å². The second-order valence-corrected chi connectivity index (χ2v) is 3.46. The number of hydrogen-bond donors (Lipinski definition) is 1. The van der Waals surface area contributed by atoms with Gasteiger partial charge in [0.05, 0.1) is 0 Å². The Morgan fingerprint density at radius 1 is 1.29 bits per heavy atom. The molecule has 2 heteroatoms. The van der Waals surface area contributed by atoms with Crippen LogP contribution in [0.25, 0.3) is 10.8 Å². The molecule has 0 fully saturated rings. The molecular formula is C12H14N2. The van der Waals surface area contributed by atoms with Crippen LogP contribution < -0.4 is 5.73 Å². The summed E-state index contributed by atoms with van der Waals surface area (Å²) in [7, 11) is 0. The van der Waals surface area contributed by atoms with Gasteiger partial charge in [-0.3, -0.25) is 4.98 Å². The van der Waals surface area contributed by atoms with Crippen molar-refractivity contribution in [3.05, 3.63) is 42.2 Å². The van der Waals surface area contributed by atoms with Gasteiger partial charge in [-0.25, -0.2) is 0 Å². The van der Waals surface area contributed by atoms with E-state index in [1.54, 1.807) is 0 Å². The summed E-state index contributed by atoms with van der Waals surface area (Å²) in [5.74, 6) is 0. The van der Waals surface area contributed by atoms with Crippen LogP contribution >= 0.6 is 0 Å². The molecule has 2 N–H and O–H groups in total. The van der Waals surface area contributed by atoms with Gasteiger partial charge in [0, 0.05) is 23.8 Å². The molecule has 1 aromatic carbocycles.